The van der Waals surface area contributed by atoms with Gasteiger partial charge in [-0.05, 0) is 20.3 Å². The van der Waals surface area contributed by atoms with Crippen LogP contribution in [0.15, 0.2) is 17.5 Å². The van der Waals surface area contributed by atoms with Gasteiger partial charge in [0, 0.05) is 46.4 Å². The van der Waals surface area contributed by atoms with E-state index in [1.807, 2.05) is 14.0 Å². The molecule has 0 spiro atoms. The van der Waals surface area contributed by atoms with Gasteiger partial charge in [0.05, 0.1) is 11.6 Å². The van der Waals surface area contributed by atoms with Gasteiger partial charge in [0.2, 0.25) is 0 Å². The molecule has 0 unspecified atom stereocenters. The molecule has 3 N–H and O–H groups in total. The highest BCUT2D eigenvalue weighted by atomic mass is 16.5. The zero-order valence-electron chi connectivity index (χ0n) is 15.2. The molecule has 0 fully saturated rings. The van der Waals surface area contributed by atoms with Gasteiger partial charge in [0.15, 0.2) is 11.6 Å². The standard InChI is InChI=1S/C16H28N8O/c1-4-17-16(19-7-6-10-25-5-2)20-9-8-18-14-13-11-23-24(3)15(13)22-12-21-14/h11-12H,4-10H2,1-3H3,(H2,17,19,20)(H,18,21,22). The fourth-order valence-corrected chi connectivity index (χ4v) is 2.31. The number of aliphatic imine (C=N–C) groups is 1. The van der Waals surface area contributed by atoms with E-state index >= 15 is 0 Å². The summed E-state index contributed by atoms with van der Waals surface area (Å²) in [5.41, 5.74) is 0.814. The van der Waals surface area contributed by atoms with Crippen molar-refractivity contribution in [2.45, 2.75) is 20.3 Å². The normalized spacial score (nSPS) is 11.7. The number of fused-ring (bicyclic) bond motifs is 1. The molecular weight excluding hydrogens is 320 g/mol. The van der Waals surface area contributed by atoms with Crippen LogP contribution in [-0.2, 0) is 11.8 Å². The van der Waals surface area contributed by atoms with Gasteiger partial charge in [-0.2, -0.15) is 5.10 Å². The highest BCUT2D eigenvalue weighted by Gasteiger charge is 2.06. The molecule has 0 aliphatic carbocycles. The first kappa shape index (κ1) is 18.9. The lowest BCUT2D eigenvalue weighted by Crippen LogP contribution is -2.39. The molecule has 2 aromatic heterocycles. The Labute approximate surface area is 148 Å². The maximum absolute atomic E-state index is 5.32. The summed E-state index contributed by atoms with van der Waals surface area (Å²) in [4.78, 5) is 13.1. The SMILES string of the molecule is CCNC(=NCCCOCC)NCCNc1ncnc2c1cnn2C. The number of anilines is 1. The molecule has 0 aliphatic rings. The van der Waals surface area contributed by atoms with E-state index in [9.17, 15) is 0 Å². The van der Waals surface area contributed by atoms with Crippen LogP contribution in [0.25, 0.3) is 11.0 Å². The molecule has 0 saturated heterocycles. The van der Waals surface area contributed by atoms with E-state index in [-0.39, 0.29) is 0 Å². The Morgan fingerprint density at radius 1 is 1.24 bits per heavy atom. The van der Waals surface area contributed by atoms with Crippen LogP contribution in [0.5, 0.6) is 0 Å². The molecule has 9 nitrogen and oxygen atoms in total. The Bertz CT molecular complexity index is 669. The van der Waals surface area contributed by atoms with Gasteiger partial charge in [0.1, 0.15) is 12.1 Å². The van der Waals surface area contributed by atoms with E-state index in [0.29, 0.717) is 6.54 Å². The van der Waals surface area contributed by atoms with Crippen molar-refractivity contribution in [1.29, 1.82) is 0 Å². The van der Waals surface area contributed by atoms with E-state index in [1.54, 1.807) is 17.2 Å². The van der Waals surface area contributed by atoms with Crippen LogP contribution >= 0.6 is 0 Å². The van der Waals surface area contributed by atoms with Gasteiger partial charge in [-0.15, -0.1) is 0 Å². The van der Waals surface area contributed by atoms with Crippen molar-refractivity contribution >= 4 is 22.8 Å². The molecular formula is C16H28N8O. The number of hydrogen-bond acceptors (Lipinski definition) is 6. The number of nitrogens with one attached hydrogen (secondary N) is 3. The first-order chi connectivity index (χ1) is 12.3. The van der Waals surface area contributed by atoms with Crippen molar-refractivity contribution in [1.82, 2.24) is 30.4 Å². The van der Waals surface area contributed by atoms with Crippen molar-refractivity contribution in [2.24, 2.45) is 12.0 Å². The summed E-state index contributed by atoms with van der Waals surface area (Å²) < 4.78 is 7.06. The number of aryl methyl sites for hydroxylation is 1. The topological polar surface area (TPSA) is 101 Å². The first-order valence-corrected chi connectivity index (χ1v) is 8.72. The van der Waals surface area contributed by atoms with E-state index in [2.05, 4.69) is 42.9 Å². The molecule has 0 amide bonds. The second-order valence-electron chi connectivity index (χ2n) is 5.39. The summed E-state index contributed by atoms with van der Waals surface area (Å²) >= 11 is 0. The predicted molar refractivity (Wildman–Crippen MR) is 99.9 cm³/mol. The molecule has 0 bridgehead atoms. The third-order valence-corrected chi connectivity index (χ3v) is 3.50. The van der Waals surface area contributed by atoms with E-state index in [4.69, 9.17) is 4.74 Å². The van der Waals surface area contributed by atoms with Gasteiger partial charge in [-0.1, -0.05) is 0 Å². The predicted octanol–water partition coefficient (Wildman–Crippen LogP) is 0.757. The molecule has 0 aliphatic heterocycles. The van der Waals surface area contributed by atoms with Gasteiger partial charge in [0.25, 0.3) is 0 Å². The number of rotatable bonds is 10. The van der Waals surface area contributed by atoms with Crippen molar-refractivity contribution in [3.05, 3.63) is 12.5 Å². The molecule has 25 heavy (non-hydrogen) atoms. The third kappa shape index (κ3) is 5.86. The quantitative estimate of drug-likeness (QED) is 0.331. The fourth-order valence-electron chi connectivity index (χ4n) is 2.31. The second-order valence-corrected chi connectivity index (χ2v) is 5.39. The molecule has 0 radical (unpaired) electrons. The lowest BCUT2D eigenvalue weighted by Gasteiger charge is -2.12. The summed E-state index contributed by atoms with van der Waals surface area (Å²) in [6.45, 7) is 8.55. The number of hydrogen-bond donors (Lipinski definition) is 3. The average Bonchev–Trinajstić information content (AvgIpc) is 3.00. The van der Waals surface area contributed by atoms with Gasteiger partial charge in [-0.25, -0.2) is 9.97 Å². The summed E-state index contributed by atoms with van der Waals surface area (Å²) in [5, 5.41) is 15.0. The van der Waals surface area contributed by atoms with Crippen molar-refractivity contribution in [3.8, 4) is 0 Å². The lowest BCUT2D eigenvalue weighted by atomic mass is 10.4. The Morgan fingerprint density at radius 2 is 2.12 bits per heavy atom. The van der Waals surface area contributed by atoms with Gasteiger partial charge >= 0.3 is 0 Å². The summed E-state index contributed by atoms with van der Waals surface area (Å²) in [6, 6.07) is 0. The van der Waals surface area contributed by atoms with E-state index in [1.165, 1.54) is 0 Å². The number of aromatic nitrogens is 4. The largest absolute Gasteiger partial charge is 0.382 e. The van der Waals surface area contributed by atoms with Crippen molar-refractivity contribution < 1.29 is 4.74 Å². The van der Waals surface area contributed by atoms with Gasteiger partial charge < -0.3 is 20.7 Å². The molecule has 2 heterocycles. The zero-order valence-corrected chi connectivity index (χ0v) is 15.2. The highest BCUT2D eigenvalue weighted by molar-refractivity contribution is 5.86. The maximum atomic E-state index is 5.32. The first-order valence-electron chi connectivity index (χ1n) is 8.72. The maximum Gasteiger partial charge on any atom is 0.191 e. The Morgan fingerprint density at radius 3 is 2.92 bits per heavy atom. The van der Waals surface area contributed by atoms with Crippen LogP contribution in [0.3, 0.4) is 0 Å². The van der Waals surface area contributed by atoms with Crippen LogP contribution in [0.1, 0.15) is 20.3 Å². The summed E-state index contributed by atoms with van der Waals surface area (Å²) in [6.07, 6.45) is 4.24. The summed E-state index contributed by atoms with van der Waals surface area (Å²) in [7, 11) is 1.87. The van der Waals surface area contributed by atoms with E-state index < -0.39 is 0 Å². The minimum absolute atomic E-state index is 0.713. The van der Waals surface area contributed by atoms with Crippen LogP contribution in [-0.4, -0.2) is 65.1 Å². The highest BCUT2D eigenvalue weighted by Crippen LogP contribution is 2.16. The Balaban J connectivity index is 1.78. The Hall–Kier alpha value is -2.42. The zero-order chi connectivity index (χ0) is 17.9. The van der Waals surface area contributed by atoms with Crippen LogP contribution in [0.4, 0.5) is 5.82 Å². The van der Waals surface area contributed by atoms with Crippen molar-refractivity contribution in [3.63, 3.8) is 0 Å². The minimum Gasteiger partial charge on any atom is -0.382 e. The second kappa shape index (κ2) is 10.4. The third-order valence-electron chi connectivity index (χ3n) is 3.50. The number of ether oxygens (including phenoxy) is 1. The van der Waals surface area contributed by atoms with Crippen LogP contribution < -0.4 is 16.0 Å². The molecule has 9 heteroatoms. The minimum atomic E-state index is 0.713. The molecule has 2 rings (SSSR count). The fraction of sp³-hybridized carbons (Fsp3) is 0.625. The van der Waals surface area contributed by atoms with Crippen molar-refractivity contribution in [2.75, 3.05) is 44.7 Å². The molecule has 0 atom stereocenters. The molecule has 0 aromatic carbocycles. The van der Waals surface area contributed by atoms with E-state index in [0.717, 1.165) is 62.1 Å². The van der Waals surface area contributed by atoms with Crippen LogP contribution in [0.2, 0.25) is 0 Å². The number of nitrogens with zero attached hydrogens (tertiary/aromatic N) is 5. The Kier molecular flexibility index (Phi) is 7.90. The monoisotopic (exact) mass is 348 g/mol. The molecule has 2 aromatic rings. The molecule has 138 valence electrons. The van der Waals surface area contributed by atoms with Crippen LogP contribution in [0, 0.1) is 0 Å². The molecule has 0 saturated carbocycles. The van der Waals surface area contributed by atoms with Gasteiger partial charge in [-0.3, -0.25) is 9.67 Å². The average molecular weight is 348 g/mol. The lowest BCUT2D eigenvalue weighted by molar-refractivity contribution is 0.146. The summed E-state index contributed by atoms with van der Waals surface area (Å²) in [5.74, 6) is 1.61. The number of guanidine groups is 1. The smallest absolute Gasteiger partial charge is 0.191 e.